The summed E-state index contributed by atoms with van der Waals surface area (Å²) in [5.41, 5.74) is 9.36. The van der Waals surface area contributed by atoms with Crippen LogP contribution >= 0.6 is 11.6 Å². The van der Waals surface area contributed by atoms with Crippen molar-refractivity contribution in [2.45, 2.75) is 31.9 Å². The fraction of sp³-hybridized carbons (Fsp3) is 0.294. The molecule has 1 atom stereocenters. The molecular weight excluding hydrogens is 289 g/mol. The Balaban J connectivity index is 1.73. The number of nitrogens with two attached hydrogens (primary N) is 1. The summed E-state index contributed by atoms with van der Waals surface area (Å²) in [4.78, 5) is 0. The number of rotatable bonds is 3. The molecule has 0 saturated heterocycles. The molecule has 3 rings (SSSR count). The van der Waals surface area contributed by atoms with E-state index in [0.717, 1.165) is 30.6 Å². The van der Waals surface area contributed by atoms with Crippen LogP contribution in [-0.2, 0) is 13.0 Å². The molecule has 21 heavy (non-hydrogen) atoms. The maximum absolute atomic E-state index is 13.4. The maximum Gasteiger partial charge on any atom is 0.142 e. The average Bonchev–Trinajstić information content (AvgIpc) is 2.49. The first-order valence-corrected chi connectivity index (χ1v) is 7.46. The standard InChI is InChI=1S/C17H17ClFNO/c18-15-7-4-11(8-16(15)19)10-21-13-6-5-12-2-1-3-17(20)14(12)9-13/h4-9,17H,1-3,10,20H2/t17-/m1/s1. The molecule has 1 aliphatic carbocycles. The van der Waals surface area contributed by atoms with Gasteiger partial charge in [-0.15, -0.1) is 0 Å². The van der Waals surface area contributed by atoms with Gasteiger partial charge in [-0.05, 0) is 60.2 Å². The molecule has 110 valence electrons. The van der Waals surface area contributed by atoms with Gasteiger partial charge in [-0.1, -0.05) is 23.7 Å². The first-order valence-electron chi connectivity index (χ1n) is 7.08. The molecule has 0 aliphatic heterocycles. The summed E-state index contributed by atoms with van der Waals surface area (Å²) in [6, 6.07) is 10.8. The van der Waals surface area contributed by atoms with Crippen molar-refractivity contribution in [2.75, 3.05) is 0 Å². The lowest BCUT2D eigenvalue weighted by Gasteiger charge is -2.22. The van der Waals surface area contributed by atoms with Crippen molar-refractivity contribution in [2.24, 2.45) is 5.73 Å². The Morgan fingerprint density at radius 2 is 2.10 bits per heavy atom. The fourth-order valence-electron chi connectivity index (χ4n) is 2.70. The monoisotopic (exact) mass is 305 g/mol. The van der Waals surface area contributed by atoms with Crippen molar-refractivity contribution in [3.8, 4) is 5.75 Å². The summed E-state index contributed by atoms with van der Waals surface area (Å²) in [5.74, 6) is 0.340. The van der Waals surface area contributed by atoms with Crippen molar-refractivity contribution >= 4 is 11.6 Å². The number of benzene rings is 2. The number of aryl methyl sites for hydroxylation is 1. The minimum Gasteiger partial charge on any atom is -0.489 e. The van der Waals surface area contributed by atoms with Gasteiger partial charge >= 0.3 is 0 Å². The van der Waals surface area contributed by atoms with Gasteiger partial charge in [0.05, 0.1) is 5.02 Å². The Morgan fingerprint density at radius 1 is 1.24 bits per heavy atom. The molecule has 0 bridgehead atoms. The van der Waals surface area contributed by atoms with E-state index in [4.69, 9.17) is 22.1 Å². The largest absolute Gasteiger partial charge is 0.489 e. The number of hydrogen-bond donors (Lipinski definition) is 1. The van der Waals surface area contributed by atoms with Crippen LogP contribution in [0.1, 0.15) is 35.6 Å². The zero-order valence-corrected chi connectivity index (χ0v) is 12.4. The molecule has 2 nitrogen and oxygen atoms in total. The van der Waals surface area contributed by atoms with Crippen LogP contribution in [0.2, 0.25) is 5.02 Å². The van der Waals surface area contributed by atoms with E-state index in [-0.39, 0.29) is 11.1 Å². The zero-order valence-electron chi connectivity index (χ0n) is 11.6. The van der Waals surface area contributed by atoms with E-state index in [1.165, 1.54) is 17.2 Å². The molecule has 0 spiro atoms. The van der Waals surface area contributed by atoms with E-state index in [0.29, 0.717) is 6.61 Å². The van der Waals surface area contributed by atoms with Crippen molar-refractivity contribution < 1.29 is 9.13 Å². The van der Waals surface area contributed by atoms with E-state index in [1.54, 1.807) is 12.1 Å². The summed E-state index contributed by atoms with van der Waals surface area (Å²) in [7, 11) is 0. The Hall–Kier alpha value is -1.58. The predicted molar refractivity (Wildman–Crippen MR) is 82.1 cm³/mol. The fourth-order valence-corrected chi connectivity index (χ4v) is 2.82. The van der Waals surface area contributed by atoms with E-state index >= 15 is 0 Å². The molecule has 2 aromatic carbocycles. The van der Waals surface area contributed by atoms with Crippen LogP contribution < -0.4 is 10.5 Å². The van der Waals surface area contributed by atoms with Crippen molar-refractivity contribution in [3.05, 3.63) is 63.9 Å². The van der Waals surface area contributed by atoms with Crippen LogP contribution in [0.3, 0.4) is 0 Å². The molecule has 0 radical (unpaired) electrons. The molecule has 2 N–H and O–H groups in total. The van der Waals surface area contributed by atoms with E-state index in [1.807, 2.05) is 12.1 Å². The van der Waals surface area contributed by atoms with Gasteiger partial charge in [-0.2, -0.15) is 0 Å². The third-order valence-corrected chi connectivity index (χ3v) is 4.17. The normalized spacial score (nSPS) is 17.4. The van der Waals surface area contributed by atoms with Gasteiger partial charge in [-0.3, -0.25) is 0 Å². The molecular formula is C17H17ClFNO. The van der Waals surface area contributed by atoms with E-state index in [2.05, 4.69) is 6.07 Å². The van der Waals surface area contributed by atoms with Crippen molar-refractivity contribution in [1.29, 1.82) is 0 Å². The number of hydrogen-bond acceptors (Lipinski definition) is 2. The highest BCUT2D eigenvalue weighted by atomic mass is 35.5. The lowest BCUT2D eigenvalue weighted by molar-refractivity contribution is 0.304. The van der Waals surface area contributed by atoms with Gasteiger partial charge in [0.15, 0.2) is 0 Å². The predicted octanol–water partition coefficient (Wildman–Crippen LogP) is 4.39. The molecule has 1 aliphatic rings. The highest BCUT2D eigenvalue weighted by molar-refractivity contribution is 6.30. The van der Waals surface area contributed by atoms with Crippen LogP contribution in [0.25, 0.3) is 0 Å². The first kappa shape index (κ1) is 14.4. The third-order valence-electron chi connectivity index (χ3n) is 3.87. The number of ether oxygens (including phenoxy) is 1. The molecule has 0 amide bonds. The van der Waals surface area contributed by atoms with Gasteiger partial charge < -0.3 is 10.5 Å². The van der Waals surface area contributed by atoms with Crippen LogP contribution in [0.15, 0.2) is 36.4 Å². The van der Waals surface area contributed by atoms with E-state index < -0.39 is 5.82 Å². The zero-order chi connectivity index (χ0) is 14.8. The first-order chi connectivity index (χ1) is 10.1. The summed E-state index contributed by atoms with van der Waals surface area (Å²) in [6.07, 6.45) is 3.23. The van der Waals surface area contributed by atoms with Crippen molar-refractivity contribution in [3.63, 3.8) is 0 Å². The van der Waals surface area contributed by atoms with E-state index in [9.17, 15) is 4.39 Å². The van der Waals surface area contributed by atoms with Crippen LogP contribution in [0.4, 0.5) is 4.39 Å². The Morgan fingerprint density at radius 3 is 2.90 bits per heavy atom. The second kappa shape index (κ2) is 6.04. The van der Waals surface area contributed by atoms with Crippen LogP contribution in [0, 0.1) is 5.82 Å². The second-order valence-electron chi connectivity index (χ2n) is 5.40. The molecule has 0 heterocycles. The van der Waals surface area contributed by atoms with Gasteiger partial charge in [0, 0.05) is 6.04 Å². The number of halogens is 2. The summed E-state index contributed by atoms with van der Waals surface area (Å²) in [5, 5.41) is 0.124. The van der Waals surface area contributed by atoms with Gasteiger partial charge in [0.25, 0.3) is 0 Å². The van der Waals surface area contributed by atoms with Gasteiger partial charge in [0.2, 0.25) is 0 Å². The maximum atomic E-state index is 13.4. The molecule has 2 aromatic rings. The Labute approximate surface area is 128 Å². The molecule has 0 aromatic heterocycles. The summed E-state index contributed by atoms with van der Waals surface area (Å²) < 4.78 is 19.1. The average molecular weight is 306 g/mol. The molecule has 0 fully saturated rings. The Bertz CT molecular complexity index is 659. The second-order valence-corrected chi connectivity index (χ2v) is 5.80. The summed E-state index contributed by atoms with van der Waals surface area (Å²) >= 11 is 5.66. The van der Waals surface area contributed by atoms with Crippen LogP contribution in [0.5, 0.6) is 5.75 Å². The van der Waals surface area contributed by atoms with Gasteiger partial charge in [0.1, 0.15) is 18.2 Å². The quantitative estimate of drug-likeness (QED) is 0.912. The smallest absolute Gasteiger partial charge is 0.142 e. The van der Waals surface area contributed by atoms with Gasteiger partial charge in [-0.25, -0.2) is 4.39 Å². The highest BCUT2D eigenvalue weighted by Crippen LogP contribution is 2.31. The molecule has 0 saturated carbocycles. The minimum atomic E-state index is -0.426. The lowest BCUT2D eigenvalue weighted by Crippen LogP contribution is -2.17. The minimum absolute atomic E-state index is 0.0882. The highest BCUT2D eigenvalue weighted by Gasteiger charge is 2.17. The van der Waals surface area contributed by atoms with Crippen LogP contribution in [-0.4, -0.2) is 0 Å². The Kier molecular flexibility index (Phi) is 4.13. The lowest BCUT2D eigenvalue weighted by atomic mass is 9.88. The topological polar surface area (TPSA) is 35.2 Å². The number of fused-ring (bicyclic) bond motifs is 1. The SMILES string of the molecule is N[C@@H]1CCCc2ccc(OCc3ccc(Cl)c(F)c3)cc21. The summed E-state index contributed by atoms with van der Waals surface area (Å²) in [6.45, 7) is 0.308. The molecule has 0 unspecified atom stereocenters. The molecule has 4 heteroatoms. The third kappa shape index (κ3) is 3.20. The van der Waals surface area contributed by atoms with Crippen molar-refractivity contribution in [1.82, 2.24) is 0 Å².